The molecule has 152 valence electrons. The van der Waals surface area contributed by atoms with Crippen molar-refractivity contribution < 1.29 is 4.39 Å². The number of thiophene rings is 1. The van der Waals surface area contributed by atoms with Crippen LogP contribution < -0.4 is 5.43 Å². The van der Waals surface area contributed by atoms with Gasteiger partial charge in [-0.05, 0) is 48.3 Å². The number of nitrogens with one attached hydrogen (secondary N) is 1. The van der Waals surface area contributed by atoms with Crippen LogP contribution in [0.25, 0.3) is 10.2 Å². The molecule has 1 aliphatic carbocycles. The molecule has 4 rings (SSSR count). The fourth-order valence-electron chi connectivity index (χ4n) is 3.94. The van der Waals surface area contributed by atoms with Gasteiger partial charge in [-0.3, -0.25) is 5.43 Å². The Kier molecular flexibility index (Phi) is 5.58. The lowest BCUT2D eigenvalue weighted by Crippen LogP contribution is -2.28. The highest BCUT2D eigenvalue weighted by atomic mass is 35.5. The number of anilines is 1. The van der Waals surface area contributed by atoms with Crippen LogP contribution in [-0.2, 0) is 12.8 Å². The molecule has 2 heterocycles. The van der Waals surface area contributed by atoms with E-state index in [0.29, 0.717) is 22.2 Å². The van der Waals surface area contributed by atoms with Crippen molar-refractivity contribution in [2.24, 2.45) is 16.4 Å². The number of aromatic nitrogens is 2. The fourth-order valence-corrected chi connectivity index (χ4v) is 5.34. The van der Waals surface area contributed by atoms with Crippen LogP contribution in [0.4, 0.5) is 10.2 Å². The van der Waals surface area contributed by atoms with E-state index >= 15 is 0 Å². The van der Waals surface area contributed by atoms with Crippen LogP contribution >= 0.6 is 22.9 Å². The van der Waals surface area contributed by atoms with E-state index < -0.39 is 5.82 Å². The van der Waals surface area contributed by atoms with Crippen LogP contribution in [0.5, 0.6) is 0 Å². The van der Waals surface area contributed by atoms with Crippen LogP contribution in [-0.4, -0.2) is 16.2 Å². The van der Waals surface area contributed by atoms with Gasteiger partial charge in [0.1, 0.15) is 17.0 Å². The van der Waals surface area contributed by atoms with Crippen molar-refractivity contribution in [2.45, 2.75) is 46.5 Å². The summed E-state index contributed by atoms with van der Waals surface area (Å²) in [4.78, 5) is 11.3. The van der Waals surface area contributed by atoms with Crippen molar-refractivity contribution in [3.05, 3.63) is 51.4 Å². The third-order valence-electron chi connectivity index (χ3n) is 6.22. The zero-order valence-corrected chi connectivity index (χ0v) is 18.4. The van der Waals surface area contributed by atoms with Gasteiger partial charge in [0, 0.05) is 10.4 Å². The number of rotatable bonds is 5. The Morgan fingerprint density at radius 2 is 2.21 bits per heavy atom. The minimum atomic E-state index is -0.409. The predicted octanol–water partition coefficient (Wildman–Crippen LogP) is 6.47. The molecule has 1 aromatic carbocycles. The first-order valence-corrected chi connectivity index (χ1v) is 11.1. The first-order chi connectivity index (χ1) is 13.9. The standard InChI is InChI=1S/C22H24ClFN4S/c1-4-22(2,3)13-8-9-18-14(10-13)19-20(25-12-26-21(19)29-18)28-27-11-15-16(23)6-5-7-17(15)24/h5-7,11-13H,4,8-10H2,1-3H3,(H,25,26,28)/b27-11-/t13-/m1/s1. The van der Waals surface area contributed by atoms with E-state index in [-0.39, 0.29) is 5.56 Å². The molecule has 1 aliphatic rings. The number of hydrogen-bond donors (Lipinski definition) is 1. The summed E-state index contributed by atoms with van der Waals surface area (Å²) in [6.45, 7) is 6.98. The van der Waals surface area contributed by atoms with Gasteiger partial charge in [0.05, 0.1) is 16.6 Å². The Bertz CT molecular complexity index is 1060. The number of aryl methyl sites for hydroxylation is 1. The first-order valence-electron chi connectivity index (χ1n) is 9.89. The Morgan fingerprint density at radius 3 is 2.97 bits per heavy atom. The van der Waals surface area contributed by atoms with Crippen molar-refractivity contribution in [3.63, 3.8) is 0 Å². The monoisotopic (exact) mass is 430 g/mol. The molecule has 0 spiro atoms. The number of hydrazone groups is 1. The summed E-state index contributed by atoms with van der Waals surface area (Å²) in [6.07, 6.45) is 7.42. The maximum atomic E-state index is 14.0. The molecule has 0 aliphatic heterocycles. The predicted molar refractivity (Wildman–Crippen MR) is 120 cm³/mol. The van der Waals surface area contributed by atoms with Gasteiger partial charge in [-0.1, -0.05) is 44.9 Å². The zero-order valence-electron chi connectivity index (χ0n) is 16.8. The van der Waals surface area contributed by atoms with Gasteiger partial charge in [0.25, 0.3) is 0 Å². The summed E-state index contributed by atoms with van der Waals surface area (Å²) >= 11 is 7.82. The summed E-state index contributed by atoms with van der Waals surface area (Å²) in [5.74, 6) is 0.881. The molecule has 3 aromatic rings. The second kappa shape index (κ2) is 8.00. The lowest BCUT2D eigenvalue weighted by molar-refractivity contribution is 0.184. The third kappa shape index (κ3) is 3.88. The van der Waals surface area contributed by atoms with Gasteiger partial charge in [-0.2, -0.15) is 5.10 Å². The average Bonchev–Trinajstić information content (AvgIpc) is 3.08. The lowest BCUT2D eigenvalue weighted by Gasteiger charge is -2.36. The van der Waals surface area contributed by atoms with Crippen molar-refractivity contribution in [1.29, 1.82) is 0 Å². The van der Waals surface area contributed by atoms with E-state index in [1.54, 1.807) is 29.8 Å². The summed E-state index contributed by atoms with van der Waals surface area (Å²) in [7, 11) is 0. The fraction of sp³-hybridized carbons (Fsp3) is 0.409. The maximum Gasteiger partial charge on any atom is 0.158 e. The smallest absolute Gasteiger partial charge is 0.158 e. The maximum absolute atomic E-state index is 14.0. The molecule has 0 bridgehead atoms. The van der Waals surface area contributed by atoms with Gasteiger partial charge < -0.3 is 0 Å². The minimum Gasteiger partial charge on any atom is -0.261 e. The largest absolute Gasteiger partial charge is 0.261 e. The highest BCUT2D eigenvalue weighted by Gasteiger charge is 2.33. The molecule has 2 aromatic heterocycles. The molecule has 1 N–H and O–H groups in total. The van der Waals surface area contributed by atoms with Crippen molar-refractivity contribution in [3.8, 4) is 0 Å². The Labute approximate surface area is 179 Å². The average molecular weight is 431 g/mol. The summed E-state index contributed by atoms with van der Waals surface area (Å²) in [6, 6.07) is 4.57. The number of nitrogens with zero attached hydrogens (tertiary/aromatic N) is 3. The molecule has 0 radical (unpaired) electrons. The molecule has 0 saturated heterocycles. The van der Waals surface area contributed by atoms with E-state index in [4.69, 9.17) is 11.6 Å². The lowest BCUT2D eigenvalue weighted by atomic mass is 9.69. The van der Waals surface area contributed by atoms with Gasteiger partial charge >= 0.3 is 0 Å². The minimum absolute atomic E-state index is 0.254. The molecular formula is C22H24ClFN4S. The summed E-state index contributed by atoms with van der Waals surface area (Å²) < 4.78 is 14.0. The molecule has 0 saturated carbocycles. The van der Waals surface area contributed by atoms with Crippen molar-refractivity contribution in [1.82, 2.24) is 9.97 Å². The second-order valence-corrected chi connectivity index (χ2v) is 9.68. The van der Waals surface area contributed by atoms with E-state index in [1.807, 2.05) is 0 Å². The highest BCUT2D eigenvalue weighted by Crippen LogP contribution is 2.45. The normalized spacial score (nSPS) is 17.1. The molecule has 0 amide bonds. The van der Waals surface area contributed by atoms with Crippen LogP contribution in [0.2, 0.25) is 5.02 Å². The zero-order chi connectivity index (χ0) is 20.6. The number of benzene rings is 1. The van der Waals surface area contributed by atoms with Gasteiger partial charge in [-0.25, -0.2) is 14.4 Å². The van der Waals surface area contributed by atoms with Crippen LogP contribution in [0.3, 0.4) is 0 Å². The molecule has 7 heteroatoms. The Balaban J connectivity index is 1.66. The second-order valence-electron chi connectivity index (χ2n) is 8.19. The van der Waals surface area contributed by atoms with Gasteiger partial charge in [0.15, 0.2) is 5.82 Å². The van der Waals surface area contributed by atoms with E-state index in [0.717, 1.165) is 29.5 Å². The molecule has 1 atom stereocenters. The summed E-state index contributed by atoms with van der Waals surface area (Å²) in [5.41, 5.74) is 4.89. The van der Waals surface area contributed by atoms with Crippen LogP contribution in [0.1, 0.15) is 49.6 Å². The van der Waals surface area contributed by atoms with Crippen molar-refractivity contribution in [2.75, 3.05) is 5.43 Å². The van der Waals surface area contributed by atoms with Crippen LogP contribution in [0, 0.1) is 17.2 Å². The third-order valence-corrected chi connectivity index (χ3v) is 7.75. The molecule has 0 fully saturated rings. The van der Waals surface area contributed by atoms with Crippen molar-refractivity contribution >= 4 is 45.2 Å². The first kappa shape index (κ1) is 20.2. The van der Waals surface area contributed by atoms with Crippen LogP contribution in [0.15, 0.2) is 29.6 Å². The van der Waals surface area contributed by atoms with Gasteiger partial charge in [0.2, 0.25) is 0 Å². The van der Waals surface area contributed by atoms with Gasteiger partial charge in [-0.15, -0.1) is 11.3 Å². The van der Waals surface area contributed by atoms with E-state index in [2.05, 4.69) is 41.3 Å². The molecule has 0 unspecified atom stereocenters. The summed E-state index contributed by atoms with van der Waals surface area (Å²) in [5, 5.41) is 5.57. The Morgan fingerprint density at radius 1 is 1.38 bits per heavy atom. The topological polar surface area (TPSA) is 50.2 Å². The number of hydrogen-bond acceptors (Lipinski definition) is 5. The number of halogens is 2. The highest BCUT2D eigenvalue weighted by molar-refractivity contribution is 7.19. The quantitative estimate of drug-likeness (QED) is 0.372. The van der Waals surface area contributed by atoms with E-state index in [9.17, 15) is 4.39 Å². The SMILES string of the molecule is CCC(C)(C)[C@@H]1CCc2sc3ncnc(N/N=C\c4c(F)cccc4Cl)c3c2C1. The molecular weight excluding hydrogens is 407 g/mol. The van der Waals surface area contributed by atoms with E-state index in [1.165, 1.54) is 29.1 Å². The molecule has 29 heavy (non-hydrogen) atoms. The Hall–Kier alpha value is -2.05. The molecule has 4 nitrogen and oxygen atoms in total. The number of fused-ring (bicyclic) bond motifs is 3.